The van der Waals surface area contributed by atoms with Crippen molar-refractivity contribution in [2.24, 2.45) is 0 Å². The van der Waals surface area contributed by atoms with E-state index in [1.807, 2.05) is 32.0 Å². The van der Waals surface area contributed by atoms with Crippen LogP contribution in [0.5, 0.6) is 5.75 Å². The molecule has 0 radical (unpaired) electrons. The molecule has 0 aliphatic heterocycles. The van der Waals surface area contributed by atoms with Crippen molar-refractivity contribution in [3.63, 3.8) is 0 Å². The number of hydrogen-bond donors (Lipinski definition) is 4. The fourth-order valence-corrected chi connectivity index (χ4v) is 4.60. The zero-order valence-corrected chi connectivity index (χ0v) is 25.3. The average molecular weight is 570 g/mol. The smallest absolute Gasteiger partial charge is 0.408 e. The molecule has 4 N–H and O–H groups in total. The summed E-state index contributed by atoms with van der Waals surface area (Å²) in [6.45, 7) is 10.6. The van der Waals surface area contributed by atoms with E-state index in [0.29, 0.717) is 17.7 Å². The third-order valence-electron chi connectivity index (χ3n) is 6.71. The minimum atomic E-state index is -1.32. The van der Waals surface area contributed by atoms with Crippen LogP contribution in [-0.4, -0.2) is 57.8 Å². The number of hydrogen-bond acceptors (Lipinski definition) is 6. The molecule has 3 amide bonds. The molecule has 2 rings (SSSR count). The summed E-state index contributed by atoms with van der Waals surface area (Å²) in [5.74, 6) is -1.03. The molecule has 0 fully saturated rings. The number of phenols is 1. The van der Waals surface area contributed by atoms with Crippen molar-refractivity contribution in [2.75, 3.05) is 18.5 Å². The largest absolute Gasteiger partial charge is 0.508 e. The van der Waals surface area contributed by atoms with Gasteiger partial charge in [0.25, 0.3) is 5.91 Å². The SMILES string of the molecule is CCCCCCCCN(C(=O)C(CO)NC(=O)OC(C)(C)C)C(C(=O)Nc1c(C)cccc1C)c1ccc(O)cc1. The summed E-state index contributed by atoms with van der Waals surface area (Å²) in [6.07, 6.45) is 4.96. The molecule has 0 aliphatic carbocycles. The molecular formula is C32H47N3O6. The number of aliphatic hydroxyl groups is 1. The Bertz CT molecular complexity index is 1120. The van der Waals surface area contributed by atoms with Gasteiger partial charge in [-0.3, -0.25) is 9.59 Å². The summed E-state index contributed by atoms with van der Waals surface area (Å²) in [4.78, 5) is 41.9. The topological polar surface area (TPSA) is 128 Å². The zero-order chi connectivity index (χ0) is 30.6. The highest BCUT2D eigenvalue weighted by atomic mass is 16.6. The van der Waals surface area contributed by atoms with Crippen LogP contribution >= 0.6 is 0 Å². The number of rotatable bonds is 14. The molecule has 2 atom stereocenters. The maximum absolute atomic E-state index is 14.0. The first-order valence-electron chi connectivity index (χ1n) is 14.4. The van der Waals surface area contributed by atoms with Gasteiger partial charge in [0.05, 0.1) is 6.61 Å². The van der Waals surface area contributed by atoms with Gasteiger partial charge in [-0.25, -0.2) is 4.79 Å². The lowest BCUT2D eigenvalue weighted by Crippen LogP contribution is -2.54. The van der Waals surface area contributed by atoms with Crippen LogP contribution in [0.15, 0.2) is 42.5 Å². The number of carbonyl (C=O) groups excluding carboxylic acids is 3. The number of carbonyl (C=O) groups is 3. The quantitative estimate of drug-likeness (QED) is 0.214. The lowest BCUT2D eigenvalue weighted by atomic mass is 10.0. The predicted octanol–water partition coefficient (Wildman–Crippen LogP) is 5.76. The molecule has 2 aromatic rings. The normalized spacial score (nSPS) is 12.8. The van der Waals surface area contributed by atoms with Crippen molar-refractivity contribution >= 4 is 23.6 Å². The summed E-state index contributed by atoms with van der Waals surface area (Å²) in [6, 6.07) is 9.40. The van der Waals surface area contributed by atoms with Crippen LogP contribution in [0, 0.1) is 13.8 Å². The van der Waals surface area contributed by atoms with Gasteiger partial charge in [-0.1, -0.05) is 69.4 Å². The fraction of sp³-hybridized carbons (Fsp3) is 0.531. The molecule has 0 bridgehead atoms. The van der Waals surface area contributed by atoms with Gasteiger partial charge < -0.3 is 30.5 Å². The van der Waals surface area contributed by atoms with E-state index in [1.54, 1.807) is 32.9 Å². The van der Waals surface area contributed by atoms with Gasteiger partial charge in [-0.2, -0.15) is 0 Å². The summed E-state index contributed by atoms with van der Waals surface area (Å²) in [7, 11) is 0. The van der Waals surface area contributed by atoms with E-state index >= 15 is 0 Å². The van der Waals surface area contributed by atoms with E-state index in [2.05, 4.69) is 17.6 Å². The van der Waals surface area contributed by atoms with Crippen molar-refractivity contribution in [3.05, 3.63) is 59.2 Å². The number of benzene rings is 2. The second-order valence-electron chi connectivity index (χ2n) is 11.4. The van der Waals surface area contributed by atoms with Crippen LogP contribution in [0.1, 0.15) is 89.0 Å². The summed E-state index contributed by atoms with van der Waals surface area (Å²) >= 11 is 0. The molecule has 0 aromatic heterocycles. The number of para-hydroxylation sites is 1. The van der Waals surface area contributed by atoms with Gasteiger partial charge in [0.15, 0.2) is 0 Å². The highest BCUT2D eigenvalue weighted by Gasteiger charge is 2.36. The highest BCUT2D eigenvalue weighted by Crippen LogP contribution is 2.28. The zero-order valence-electron chi connectivity index (χ0n) is 25.3. The lowest BCUT2D eigenvalue weighted by Gasteiger charge is -2.34. The Morgan fingerprint density at radius 1 is 0.927 bits per heavy atom. The first-order valence-corrected chi connectivity index (χ1v) is 14.4. The van der Waals surface area contributed by atoms with Crippen molar-refractivity contribution < 1.29 is 29.3 Å². The first kappa shape index (κ1) is 33.6. The molecule has 226 valence electrons. The standard InChI is InChI=1S/C32H47N3O6/c1-7-8-9-10-11-12-20-35(30(39)26(21-36)33-31(40)41-32(4,5)6)28(24-16-18-25(37)19-17-24)29(38)34-27-22(2)14-13-15-23(27)3/h13-19,26,28,36-37H,7-12,20-21H2,1-6H3,(H,33,40)(H,34,38). The van der Waals surface area contributed by atoms with Crippen LogP contribution in [0.25, 0.3) is 0 Å². The van der Waals surface area contributed by atoms with E-state index in [-0.39, 0.29) is 12.3 Å². The van der Waals surface area contributed by atoms with Crippen LogP contribution in [0.2, 0.25) is 0 Å². The molecular weight excluding hydrogens is 522 g/mol. The number of aliphatic hydroxyl groups excluding tert-OH is 1. The average Bonchev–Trinajstić information content (AvgIpc) is 2.90. The first-order chi connectivity index (χ1) is 19.4. The van der Waals surface area contributed by atoms with Crippen LogP contribution in [-0.2, 0) is 14.3 Å². The van der Waals surface area contributed by atoms with Crippen molar-refractivity contribution in [2.45, 2.75) is 97.8 Å². The minimum absolute atomic E-state index is 0.0243. The van der Waals surface area contributed by atoms with E-state index in [9.17, 15) is 24.6 Å². The number of ether oxygens (including phenoxy) is 1. The predicted molar refractivity (Wildman–Crippen MR) is 161 cm³/mol. The Morgan fingerprint density at radius 2 is 1.51 bits per heavy atom. The Morgan fingerprint density at radius 3 is 2.07 bits per heavy atom. The van der Waals surface area contributed by atoms with E-state index in [4.69, 9.17) is 4.74 Å². The number of nitrogens with one attached hydrogen (secondary N) is 2. The molecule has 0 aliphatic rings. The molecule has 9 heteroatoms. The number of amides is 3. The van der Waals surface area contributed by atoms with Crippen molar-refractivity contribution in [1.82, 2.24) is 10.2 Å². The Labute approximate surface area is 244 Å². The number of nitrogens with zero attached hydrogens (tertiary/aromatic N) is 1. The number of alkyl carbamates (subject to hydrolysis) is 1. The van der Waals surface area contributed by atoms with Crippen LogP contribution < -0.4 is 10.6 Å². The summed E-state index contributed by atoms with van der Waals surface area (Å²) in [5, 5.41) is 25.5. The highest BCUT2D eigenvalue weighted by molar-refractivity contribution is 6.00. The monoisotopic (exact) mass is 569 g/mol. The number of aryl methyl sites for hydroxylation is 2. The van der Waals surface area contributed by atoms with Gasteiger partial charge in [0.2, 0.25) is 5.91 Å². The summed E-state index contributed by atoms with van der Waals surface area (Å²) < 4.78 is 5.31. The Kier molecular flexibility index (Phi) is 13.1. The van der Waals surface area contributed by atoms with Crippen LogP contribution in [0.3, 0.4) is 0 Å². The Balaban J connectivity index is 2.47. The minimum Gasteiger partial charge on any atom is -0.508 e. The summed E-state index contributed by atoms with van der Waals surface area (Å²) in [5.41, 5.74) is 2.08. The maximum Gasteiger partial charge on any atom is 0.408 e. The molecule has 0 heterocycles. The molecule has 41 heavy (non-hydrogen) atoms. The third kappa shape index (κ3) is 10.7. The van der Waals surface area contributed by atoms with Gasteiger partial charge >= 0.3 is 6.09 Å². The van der Waals surface area contributed by atoms with Gasteiger partial charge in [0.1, 0.15) is 23.4 Å². The molecule has 0 saturated heterocycles. The number of unbranched alkanes of at least 4 members (excludes halogenated alkanes) is 5. The van der Waals surface area contributed by atoms with Gasteiger partial charge in [-0.15, -0.1) is 0 Å². The van der Waals surface area contributed by atoms with Crippen molar-refractivity contribution in [3.8, 4) is 5.75 Å². The van der Waals surface area contributed by atoms with Crippen LogP contribution in [0.4, 0.5) is 10.5 Å². The van der Waals surface area contributed by atoms with E-state index in [1.165, 1.54) is 17.0 Å². The van der Waals surface area contributed by atoms with E-state index in [0.717, 1.165) is 43.2 Å². The number of phenolic OH excluding ortho intramolecular Hbond substituents is 1. The number of aromatic hydroxyl groups is 1. The third-order valence-corrected chi connectivity index (χ3v) is 6.71. The number of anilines is 1. The lowest BCUT2D eigenvalue weighted by molar-refractivity contribution is -0.141. The van der Waals surface area contributed by atoms with Gasteiger partial charge in [-0.05, 0) is 69.9 Å². The van der Waals surface area contributed by atoms with Crippen molar-refractivity contribution in [1.29, 1.82) is 0 Å². The Hall–Kier alpha value is -3.59. The van der Waals surface area contributed by atoms with E-state index < -0.39 is 42.2 Å². The van der Waals surface area contributed by atoms with Gasteiger partial charge in [0, 0.05) is 12.2 Å². The molecule has 9 nitrogen and oxygen atoms in total. The second-order valence-corrected chi connectivity index (χ2v) is 11.4. The molecule has 2 unspecified atom stereocenters. The second kappa shape index (κ2) is 16.0. The maximum atomic E-state index is 14.0. The molecule has 2 aromatic carbocycles. The molecule has 0 saturated carbocycles. The fourth-order valence-electron chi connectivity index (χ4n) is 4.60. The molecule has 0 spiro atoms.